The fourth-order valence-corrected chi connectivity index (χ4v) is 2.12. The molecule has 1 atom stereocenters. The van der Waals surface area contributed by atoms with Crippen LogP contribution in [0.4, 0.5) is 21.0 Å². The van der Waals surface area contributed by atoms with Gasteiger partial charge in [-0.15, -0.1) is 0 Å². The Balaban J connectivity index is 1.91. The number of nitrogens with one attached hydrogen (secondary N) is 3. The fraction of sp³-hybridized carbons (Fsp3) is 0.176. The van der Waals surface area contributed by atoms with Gasteiger partial charge in [0.25, 0.3) is 0 Å². The molecule has 7 nitrogen and oxygen atoms in total. The molecule has 7 heteroatoms. The number of carbonyl (C=O) groups is 2. The molecule has 2 rings (SSSR count). The van der Waals surface area contributed by atoms with E-state index in [0.29, 0.717) is 11.4 Å². The van der Waals surface area contributed by atoms with Gasteiger partial charge in [0, 0.05) is 11.4 Å². The maximum Gasteiger partial charge on any atom is 0.319 e. The van der Waals surface area contributed by atoms with Gasteiger partial charge >= 0.3 is 12.1 Å². The zero-order valence-corrected chi connectivity index (χ0v) is 13.5. The van der Waals surface area contributed by atoms with E-state index in [1.807, 2.05) is 19.1 Å². The number of benzene rings is 2. The third-order valence-corrected chi connectivity index (χ3v) is 3.37. The molecule has 0 heterocycles. The number of primary amides is 1. The number of methoxy groups -OCH3 is 1. The van der Waals surface area contributed by atoms with Crippen LogP contribution in [0.25, 0.3) is 0 Å². The predicted molar refractivity (Wildman–Crippen MR) is 93.2 cm³/mol. The molecule has 0 saturated heterocycles. The molecule has 0 bridgehead atoms. The normalized spacial score (nSPS) is 11.2. The van der Waals surface area contributed by atoms with E-state index in [9.17, 15) is 9.59 Å². The number of urea groups is 2. The number of ether oxygens (including phenoxy) is 1. The quantitative estimate of drug-likeness (QED) is 0.677. The first-order valence-corrected chi connectivity index (χ1v) is 7.36. The Morgan fingerprint density at radius 1 is 0.958 bits per heavy atom. The molecule has 0 aromatic heterocycles. The second kappa shape index (κ2) is 7.87. The Kier molecular flexibility index (Phi) is 5.62. The van der Waals surface area contributed by atoms with E-state index < -0.39 is 6.03 Å². The van der Waals surface area contributed by atoms with Gasteiger partial charge in [0.1, 0.15) is 5.75 Å². The number of nitrogens with two attached hydrogens (primary N) is 1. The highest BCUT2D eigenvalue weighted by molar-refractivity contribution is 5.89. The third-order valence-electron chi connectivity index (χ3n) is 3.37. The molecule has 0 aliphatic heterocycles. The molecule has 0 spiro atoms. The first-order chi connectivity index (χ1) is 11.5. The van der Waals surface area contributed by atoms with Crippen LogP contribution < -0.4 is 26.4 Å². The number of anilines is 2. The van der Waals surface area contributed by atoms with Crippen LogP contribution in [0.5, 0.6) is 5.75 Å². The Morgan fingerprint density at radius 3 is 2.04 bits per heavy atom. The standard InChI is InChI=1S/C17H20N4O3/c1-11(12-3-5-13(6-4-12)20-16(18)22)19-17(23)21-14-7-9-15(24-2)10-8-14/h3-11H,1-2H3,(H3,18,20,22)(H2,19,21,23). The van der Waals surface area contributed by atoms with Gasteiger partial charge in [0.05, 0.1) is 13.2 Å². The van der Waals surface area contributed by atoms with Gasteiger partial charge in [0.15, 0.2) is 0 Å². The molecule has 0 fully saturated rings. The zero-order valence-electron chi connectivity index (χ0n) is 13.5. The Morgan fingerprint density at radius 2 is 1.50 bits per heavy atom. The molecule has 0 radical (unpaired) electrons. The van der Waals surface area contributed by atoms with E-state index >= 15 is 0 Å². The van der Waals surface area contributed by atoms with E-state index in [0.717, 1.165) is 11.3 Å². The zero-order chi connectivity index (χ0) is 17.5. The summed E-state index contributed by atoms with van der Waals surface area (Å²) < 4.78 is 5.07. The molecule has 5 N–H and O–H groups in total. The summed E-state index contributed by atoms with van der Waals surface area (Å²) >= 11 is 0. The molecule has 24 heavy (non-hydrogen) atoms. The number of carbonyl (C=O) groups excluding carboxylic acids is 2. The molecule has 0 saturated carbocycles. The second-order valence-electron chi connectivity index (χ2n) is 5.16. The van der Waals surface area contributed by atoms with Crippen molar-refractivity contribution in [3.8, 4) is 5.75 Å². The maximum absolute atomic E-state index is 12.0. The molecule has 0 aliphatic rings. The lowest BCUT2D eigenvalue weighted by atomic mass is 10.1. The minimum Gasteiger partial charge on any atom is -0.497 e. The van der Waals surface area contributed by atoms with Gasteiger partial charge < -0.3 is 26.4 Å². The monoisotopic (exact) mass is 328 g/mol. The van der Waals surface area contributed by atoms with Crippen LogP contribution in [0, 0.1) is 0 Å². The first kappa shape index (κ1) is 17.1. The van der Waals surface area contributed by atoms with E-state index in [2.05, 4.69) is 16.0 Å². The van der Waals surface area contributed by atoms with Gasteiger partial charge in [-0.2, -0.15) is 0 Å². The van der Waals surface area contributed by atoms with Crippen LogP contribution in [0.1, 0.15) is 18.5 Å². The highest BCUT2D eigenvalue weighted by atomic mass is 16.5. The van der Waals surface area contributed by atoms with E-state index in [1.54, 1.807) is 43.5 Å². The third kappa shape index (κ3) is 4.91. The van der Waals surface area contributed by atoms with Crippen molar-refractivity contribution in [3.05, 3.63) is 54.1 Å². The lowest BCUT2D eigenvalue weighted by Gasteiger charge is -2.15. The number of hydrogen-bond donors (Lipinski definition) is 4. The van der Waals surface area contributed by atoms with Crippen molar-refractivity contribution in [2.75, 3.05) is 17.7 Å². The van der Waals surface area contributed by atoms with Gasteiger partial charge in [-0.25, -0.2) is 9.59 Å². The van der Waals surface area contributed by atoms with Crippen LogP contribution in [0.15, 0.2) is 48.5 Å². The van der Waals surface area contributed by atoms with Crippen molar-refractivity contribution in [2.24, 2.45) is 5.73 Å². The van der Waals surface area contributed by atoms with Crippen molar-refractivity contribution in [1.29, 1.82) is 0 Å². The largest absolute Gasteiger partial charge is 0.497 e. The van der Waals surface area contributed by atoms with Crippen LogP contribution in [-0.2, 0) is 0 Å². The molecular formula is C17H20N4O3. The highest BCUT2D eigenvalue weighted by Gasteiger charge is 2.10. The van der Waals surface area contributed by atoms with Crippen LogP contribution in [0.3, 0.4) is 0 Å². The smallest absolute Gasteiger partial charge is 0.319 e. The number of hydrogen-bond acceptors (Lipinski definition) is 3. The minimum atomic E-state index is -0.618. The topological polar surface area (TPSA) is 105 Å². The first-order valence-electron chi connectivity index (χ1n) is 7.36. The van der Waals surface area contributed by atoms with E-state index in [4.69, 9.17) is 10.5 Å². The Hall–Kier alpha value is -3.22. The summed E-state index contributed by atoms with van der Waals surface area (Å²) in [6.45, 7) is 1.87. The molecule has 126 valence electrons. The molecule has 1 unspecified atom stereocenters. The van der Waals surface area contributed by atoms with Gasteiger partial charge in [-0.1, -0.05) is 12.1 Å². The second-order valence-corrected chi connectivity index (χ2v) is 5.16. The molecule has 4 amide bonds. The Bertz CT molecular complexity index is 699. The SMILES string of the molecule is COc1ccc(NC(=O)NC(C)c2ccc(NC(N)=O)cc2)cc1. The summed E-state index contributed by atoms with van der Waals surface area (Å²) in [6, 6.07) is 13.0. The van der Waals surface area contributed by atoms with Crippen molar-refractivity contribution in [3.63, 3.8) is 0 Å². The summed E-state index contributed by atoms with van der Waals surface area (Å²) in [5.74, 6) is 0.721. The summed E-state index contributed by atoms with van der Waals surface area (Å²) in [7, 11) is 1.58. The van der Waals surface area contributed by atoms with Crippen LogP contribution in [-0.4, -0.2) is 19.2 Å². The lowest BCUT2D eigenvalue weighted by Crippen LogP contribution is -2.31. The van der Waals surface area contributed by atoms with Crippen molar-refractivity contribution in [1.82, 2.24) is 5.32 Å². The van der Waals surface area contributed by atoms with Gasteiger partial charge in [-0.3, -0.25) is 0 Å². The fourth-order valence-electron chi connectivity index (χ4n) is 2.12. The van der Waals surface area contributed by atoms with Crippen LogP contribution >= 0.6 is 0 Å². The van der Waals surface area contributed by atoms with Crippen LogP contribution in [0.2, 0.25) is 0 Å². The predicted octanol–water partition coefficient (Wildman–Crippen LogP) is 3.07. The van der Waals surface area contributed by atoms with Gasteiger partial charge in [-0.05, 0) is 48.9 Å². The Labute approximate surface area is 140 Å². The van der Waals surface area contributed by atoms with E-state index in [-0.39, 0.29) is 12.1 Å². The molecular weight excluding hydrogens is 308 g/mol. The average molecular weight is 328 g/mol. The molecule has 0 aliphatic carbocycles. The molecule has 2 aromatic carbocycles. The summed E-state index contributed by atoms with van der Waals surface area (Å²) in [4.78, 5) is 22.8. The maximum atomic E-state index is 12.0. The van der Waals surface area contributed by atoms with Gasteiger partial charge in [0.2, 0.25) is 0 Å². The summed E-state index contributed by atoms with van der Waals surface area (Å²) in [5.41, 5.74) is 7.22. The lowest BCUT2D eigenvalue weighted by molar-refractivity contribution is 0.249. The van der Waals surface area contributed by atoms with E-state index in [1.165, 1.54) is 0 Å². The van der Waals surface area contributed by atoms with Crippen molar-refractivity contribution in [2.45, 2.75) is 13.0 Å². The highest BCUT2D eigenvalue weighted by Crippen LogP contribution is 2.17. The average Bonchev–Trinajstić information content (AvgIpc) is 2.55. The van der Waals surface area contributed by atoms with Crippen molar-refractivity contribution < 1.29 is 14.3 Å². The number of rotatable bonds is 5. The minimum absolute atomic E-state index is 0.203. The van der Waals surface area contributed by atoms with Crippen molar-refractivity contribution >= 4 is 23.4 Å². The molecule has 2 aromatic rings. The summed E-state index contributed by atoms with van der Waals surface area (Å²) in [5, 5.41) is 8.08. The summed E-state index contributed by atoms with van der Waals surface area (Å²) in [6.07, 6.45) is 0. The number of amides is 4.